The molecule has 2 N–H and O–H groups in total. The number of halogens is 4. The summed E-state index contributed by atoms with van der Waals surface area (Å²) in [6, 6.07) is 10.6. The van der Waals surface area contributed by atoms with Gasteiger partial charge in [0.25, 0.3) is 0 Å². The second-order valence-corrected chi connectivity index (χ2v) is 13.2. The summed E-state index contributed by atoms with van der Waals surface area (Å²) >= 11 is 12.8. The van der Waals surface area contributed by atoms with Gasteiger partial charge in [-0.25, -0.2) is 13.6 Å². The summed E-state index contributed by atoms with van der Waals surface area (Å²) in [6.45, 7) is 0.157. The Kier molecular flexibility index (Phi) is 5.83. The highest BCUT2D eigenvalue weighted by Crippen LogP contribution is 2.67. The van der Waals surface area contributed by atoms with Crippen LogP contribution in [0.4, 0.5) is 13.6 Å². The number of alkyl halides is 1. The Morgan fingerprint density at radius 3 is 2.48 bits per heavy atom. The fraction of sp³-hybridized carbons (Fsp3) is 0.500. The van der Waals surface area contributed by atoms with Crippen molar-refractivity contribution < 1.29 is 23.2 Å². The second-order valence-electron chi connectivity index (χ2n) is 12.4. The molecule has 1 aliphatic heterocycles. The minimum atomic E-state index is -1.33. The van der Waals surface area contributed by atoms with E-state index in [0.29, 0.717) is 38.5 Å². The number of urea groups is 1. The lowest BCUT2D eigenvalue weighted by Crippen LogP contribution is -2.55. The molecule has 6 nitrogen and oxygen atoms in total. The first-order valence-corrected chi connectivity index (χ1v) is 14.6. The second kappa shape index (κ2) is 8.89. The molecule has 7 rings (SSSR count). The normalized spacial score (nSPS) is 36.2. The van der Waals surface area contributed by atoms with Gasteiger partial charge in [-0.2, -0.15) is 0 Å². The molecule has 10 heteroatoms. The fourth-order valence-corrected chi connectivity index (χ4v) is 8.88. The number of hydrogen-bond acceptors (Lipinski definition) is 3. The number of nitrogens with one attached hydrogen (secondary N) is 2. The molecule has 1 heterocycles. The first-order chi connectivity index (χ1) is 19.1. The van der Waals surface area contributed by atoms with E-state index in [2.05, 4.69) is 10.6 Å². The van der Waals surface area contributed by atoms with Crippen molar-refractivity contribution >= 4 is 41.0 Å². The molecule has 1 saturated heterocycles. The minimum Gasteiger partial charge on any atom is -0.348 e. The van der Waals surface area contributed by atoms with E-state index < -0.39 is 46.3 Å². The number of carbonyl (C=O) groups excluding carboxylic acids is 3. The maximum atomic E-state index is 15.3. The SMILES string of the molecule is O=C(N[C@H](c1c(F)ccc(Cl)c1Cl)C12CCC(F)(CC1)C2)[C@H]1CC[C@]23NC(=O)N(Cc4ccccc4)C(=O)C2C13. The quantitative estimate of drug-likeness (QED) is 0.400. The minimum absolute atomic E-state index is 0.0200. The van der Waals surface area contributed by atoms with E-state index in [1.807, 2.05) is 30.3 Å². The van der Waals surface area contributed by atoms with Crippen molar-refractivity contribution in [2.24, 2.45) is 23.2 Å². The van der Waals surface area contributed by atoms with Gasteiger partial charge >= 0.3 is 6.03 Å². The van der Waals surface area contributed by atoms with Crippen LogP contribution in [0.5, 0.6) is 0 Å². The number of nitrogens with zero attached hydrogens (tertiary/aromatic N) is 1. The molecule has 2 aromatic rings. The van der Waals surface area contributed by atoms with Gasteiger partial charge in [-0.1, -0.05) is 53.5 Å². The third-order valence-corrected chi connectivity index (χ3v) is 11.2. The summed E-state index contributed by atoms with van der Waals surface area (Å²) in [5.74, 6) is -2.59. The lowest BCUT2D eigenvalue weighted by Gasteiger charge is -2.38. The van der Waals surface area contributed by atoms with Gasteiger partial charge in [-0.15, -0.1) is 0 Å². The van der Waals surface area contributed by atoms with E-state index in [1.54, 1.807) is 0 Å². The largest absolute Gasteiger partial charge is 0.348 e. The van der Waals surface area contributed by atoms with Crippen LogP contribution < -0.4 is 10.6 Å². The highest BCUT2D eigenvalue weighted by atomic mass is 35.5. The van der Waals surface area contributed by atoms with E-state index in [9.17, 15) is 14.4 Å². The van der Waals surface area contributed by atoms with Crippen LogP contribution in [0, 0.1) is 29.0 Å². The van der Waals surface area contributed by atoms with Gasteiger partial charge in [0.2, 0.25) is 11.8 Å². The number of amides is 4. The van der Waals surface area contributed by atoms with Crippen molar-refractivity contribution in [2.45, 2.75) is 68.7 Å². The zero-order chi connectivity index (χ0) is 28.0. The fourth-order valence-electron chi connectivity index (χ4n) is 8.46. The molecule has 0 radical (unpaired) electrons. The Hall–Kier alpha value is -2.71. The van der Waals surface area contributed by atoms with E-state index >= 15 is 8.78 Å². The van der Waals surface area contributed by atoms with Crippen molar-refractivity contribution in [1.29, 1.82) is 0 Å². The van der Waals surface area contributed by atoms with Crippen molar-refractivity contribution in [3.63, 3.8) is 0 Å². The standard InChI is InChI=1S/C30H29Cl2F2N3O3/c31-18-6-7-19(33)20(23(18)32)24(28-10-12-29(34,15-28)13-11-28)35-25(38)17-8-9-30-21(17)22(30)26(39)37(27(40)36-30)14-16-4-2-1-3-5-16/h1-7,17,21-22,24H,8-15H2,(H,35,38)(H,36,40)/t17-,21?,22?,24+,28?,29?,30+/m0/s1. The maximum absolute atomic E-state index is 15.3. The summed E-state index contributed by atoms with van der Waals surface area (Å²) in [5, 5.41) is 6.31. The van der Waals surface area contributed by atoms with Crippen molar-refractivity contribution in [3.8, 4) is 0 Å². The first kappa shape index (κ1) is 26.2. The Balaban J connectivity index is 1.16. The monoisotopic (exact) mass is 587 g/mol. The number of hydrogen-bond donors (Lipinski definition) is 2. The van der Waals surface area contributed by atoms with Gasteiger partial charge in [0.1, 0.15) is 11.5 Å². The van der Waals surface area contributed by atoms with Crippen molar-refractivity contribution in [2.75, 3.05) is 0 Å². The summed E-state index contributed by atoms with van der Waals surface area (Å²) in [4.78, 5) is 41.7. The Bertz CT molecular complexity index is 1430. The molecular weight excluding hydrogens is 559 g/mol. The van der Waals surface area contributed by atoms with E-state index in [0.717, 1.165) is 5.56 Å². The summed E-state index contributed by atoms with van der Waals surface area (Å²) in [5.41, 5.74) is -1.81. The maximum Gasteiger partial charge on any atom is 0.324 e. The molecule has 40 heavy (non-hydrogen) atoms. The van der Waals surface area contributed by atoms with E-state index in [-0.39, 0.29) is 46.3 Å². The molecule has 0 aromatic heterocycles. The molecule has 210 valence electrons. The molecule has 5 atom stereocenters. The predicted octanol–water partition coefficient (Wildman–Crippen LogP) is 6.11. The van der Waals surface area contributed by atoms with Gasteiger partial charge in [0.05, 0.1) is 34.1 Å². The average Bonchev–Trinajstić information content (AvgIpc) is 3.19. The zero-order valence-corrected chi connectivity index (χ0v) is 23.2. The number of fused-ring (bicyclic) bond motifs is 3. The van der Waals surface area contributed by atoms with Crippen LogP contribution in [0.2, 0.25) is 10.0 Å². The molecular formula is C30H29Cl2F2N3O3. The number of benzene rings is 2. The highest BCUT2D eigenvalue weighted by Gasteiger charge is 2.78. The van der Waals surface area contributed by atoms with Crippen LogP contribution in [-0.4, -0.2) is 34.0 Å². The third-order valence-electron chi connectivity index (χ3n) is 10.4. The van der Waals surface area contributed by atoms with Crippen LogP contribution in [0.3, 0.4) is 0 Å². The molecule has 5 fully saturated rings. The average molecular weight is 588 g/mol. The van der Waals surface area contributed by atoms with Gasteiger partial charge in [0, 0.05) is 17.4 Å². The highest BCUT2D eigenvalue weighted by molar-refractivity contribution is 6.42. The predicted molar refractivity (Wildman–Crippen MR) is 145 cm³/mol. The van der Waals surface area contributed by atoms with Crippen LogP contribution >= 0.6 is 23.2 Å². The molecule has 4 saturated carbocycles. The summed E-state index contributed by atoms with van der Waals surface area (Å²) in [6.07, 6.45) is 2.92. The van der Waals surface area contributed by atoms with Crippen molar-refractivity contribution in [1.82, 2.24) is 15.5 Å². The number of imide groups is 1. The van der Waals surface area contributed by atoms with Crippen LogP contribution in [0.25, 0.3) is 0 Å². The number of rotatable bonds is 6. The smallest absolute Gasteiger partial charge is 0.324 e. The Labute approximate surface area is 240 Å². The van der Waals surface area contributed by atoms with Crippen molar-refractivity contribution in [3.05, 3.63) is 69.5 Å². The summed E-state index contributed by atoms with van der Waals surface area (Å²) in [7, 11) is 0. The van der Waals surface area contributed by atoms with Gasteiger partial charge in [-0.05, 0) is 68.1 Å². The Morgan fingerprint density at radius 2 is 1.80 bits per heavy atom. The topological polar surface area (TPSA) is 78.5 Å². The van der Waals surface area contributed by atoms with E-state index in [1.165, 1.54) is 17.0 Å². The summed E-state index contributed by atoms with van der Waals surface area (Å²) < 4.78 is 30.6. The van der Waals surface area contributed by atoms with Gasteiger partial charge in [0.15, 0.2) is 0 Å². The molecule has 1 spiro atoms. The third kappa shape index (κ3) is 3.74. The van der Waals surface area contributed by atoms with Gasteiger partial charge in [-0.3, -0.25) is 14.5 Å². The lowest BCUT2D eigenvalue weighted by atomic mass is 9.74. The molecule has 4 aliphatic carbocycles. The zero-order valence-electron chi connectivity index (χ0n) is 21.7. The molecule has 5 aliphatic rings. The molecule has 2 unspecified atom stereocenters. The van der Waals surface area contributed by atoms with Crippen LogP contribution in [0.1, 0.15) is 62.1 Å². The van der Waals surface area contributed by atoms with Crippen LogP contribution in [-0.2, 0) is 16.1 Å². The first-order valence-electron chi connectivity index (χ1n) is 13.9. The number of carbonyl (C=O) groups is 3. The molecule has 2 aromatic carbocycles. The Morgan fingerprint density at radius 1 is 1.07 bits per heavy atom. The lowest BCUT2D eigenvalue weighted by molar-refractivity contribution is -0.133. The molecule has 4 amide bonds. The van der Waals surface area contributed by atoms with Gasteiger partial charge < -0.3 is 10.6 Å². The molecule has 2 bridgehead atoms. The van der Waals surface area contributed by atoms with Crippen LogP contribution in [0.15, 0.2) is 42.5 Å². The van der Waals surface area contributed by atoms with E-state index in [4.69, 9.17) is 23.2 Å².